The zero-order valence-corrected chi connectivity index (χ0v) is 17.7. The van der Waals surface area contributed by atoms with Crippen molar-refractivity contribution in [1.29, 1.82) is 0 Å². The molecule has 0 radical (unpaired) electrons. The normalized spacial score (nSPS) is 14.5. The summed E-state index contributed by atoms with van der Waals surface area (Å²) in [6, 6.07) is 20.8. The molecule has 1 aliphatic rings. The summed E-state index contributed by atoms with van der Waals surface area (Å²) in [6.07, 6.45) is 2.13. The van der Waals surface area contributed by atoms with Crippen LogP contribution in [0.4, 0.5) is 10.1 Å². The topological polar surface area (TPSA) is 66.5 Å². The Morgan fingerprint density at radius 2 is 1.61 bits per heavy atom. The van der Waals surface area contributed by atoms with Gasteiger partial charge in [-0.3, -0.25) is 4.79 Å². The summed E-state index contributed by atoms with van der Waals surface area (Å²) in [7, 11) is -3.97. The van der Waals surface area contributed by atoms with Gasteiger partial charge >= 0.3 is 0 Å². The highest BCUT2D eigenvalue weighted by Gasteiger charge is 2.30. The maximum atomic E-state index is 14.4. The summed E-state index contributed by atoms with van der Waals surface area (Å²) in [4.78, 5) is 12.4. The summed E-state index contributed by atoms with van der Waals surface area (Å²) in [5.74, 6) is -1.34. The summed E-state index contributed by atoms with van der Waals surface area (Å²) in [5.41, 5.74) is 2.75. The number of hydrogen-bond acceptors (Lipinski definition) is 3. The van der Waals surface area contributed by atoms with Gasteiger partial charge in [0.05, 0.1) is 0 Å². The number of amides is 1. The third-order valence-corrected chi connectivity index (χ3v) is 7.29. The minimum atomic E-state index is -3.97. The van der Waals surface area contributed by atoms with Crippen LogP contribution in [0.5, 0.6) is 0 Å². The highest BCUT2D eigenvalue weighted by atomic mass is 32.2. The monoisotopic (exact) mass is 438 g/mol. The van der Waals surface area contributed by atoms with E-state index in [4.69, 9.17) is 0 Å². The van der Waals surface area contributed by atoms with E-state index in [1.54, 1.807) is 6.07 Å². The number of halogens is 1. The van der Waals surface area contributed by atoms with E-state index in [0.29, 0.717) is 25.2 Å². The van der Waals surface area contributed by atoms with Crippen LogP contribution in [-0.2, 0) is 16.4 Å². The lowest BCUT2D eigenvalue weighted by Crippen LogP contribution is -2.29. The van der Waals surface area contributed by atoms with Crippen LogP contribution in [0.2, 0.25) is 0 Å². The number of hydrogen-bond donors (Lipinski definition) is 1. The SMILES string of the molecule is O=C(Nc1ccccc1Cc1ccccc1)c1ccc(F)c(S(=O)(=O)N2CCCC2)c1. The van der Waals surface area contributed by atoms with E-state index >= 15 is 0 Å². The number of sulfonamides is 1. The van der Waals surface area contributed by atoms with Crippen molar-refractivity contribution in [3.05, 3.63) is 95.3 Å². The molecule has 1 fully saturated rings. The van der Waals surface area contributed by atoms with E-state index < -0.39 is 26.6 Å². The Morgan fingerprint density at radius 1 is 0.935 bits per heavy atom. The molecule has 7 heteroatoms. The number of carbonyl (C=O) groups excluding carboxylic acids is 1. The number of carbonyl (C=O) groups is 1. The fourth-order valence-electron chi connectivity index (χ4n) is 3.72. The van der Waals surface area contributed by atoms with Crippen molar-refractivity contribution in [2.45, 2.75) is 24.2 Å². The number of nitrogens with one attached hydrogen (secondary N) is 1. The molecule has 5 nitrogen and oxygen atoms in total. The minimum Gasteiger partial charge on any atom is -0.322 e. The van der Waals surface area contributed by atoms with Gasteiger partial charge in [0.2, 0.25) is 10.0 Å². The molecule has 4 rings (SSSR count). The van der Waals surface area contributed by atoms with E-state index in [1.807, 2.05) is 48.5 Å². The molecule has 0 bridgehead atoms. The third-order valence-electron chi connectivity index (χ3n) is 5.38. The second-order valence-electron chi connectivity index (χ2n) is 7.53. The molecule has 0 spiro atoms. The molecule has 31 heavy (non-hydrogen) atoms. The molecule has 1 N–H and O–H groups in total. The van der Waals surface area contributed by atoms with Gasteiger partial charge in [-0.1, -0.05) is 48.5 Å². The first kappa shape index (κ1) is 21.2. The lowest BCUT2D eigenvalue weighted by atomic mass is 10.0. The van der Waals surface area contributed by atoms with Crippen LogP contribution in [-0.4, -0.2) is 31.7 Å². The summed E-state index contributed by atoms with van der Waals surface area (Å²) in [5, 5.41) is 2.84. The largest absolute Gasteiger partial charge is 0.322 e. The van der Waals surface area contributed by atoms with Gasteiger partial charge in [0.15, 0.2) is 0 Å². The Balaban J connectivity index is 1.59. The molecule has 0 saturated carbocycles. The van der Waals surface area contributed by atoms with Gasteiger partial charge < -0.3 is 5.32 Å². The smallest absolute Gasteiger partial charge is 0.255 e. The van der Waals surface area contributed by atoms with E-state index in [0.717, 1.165) is 36.1 Å². The van der Waals surface area contributed by atoms with E-state index in [2.05, 4.69) is 5.32 Å². The Hall–Kier alpha value is -3.03. The van der Waals surface area contributed by atoms with Gasteiger partial charge in [-0.2, -0.15) is 4.31 Å². The van der Waals surface area contributed by atoms with Gasteiger partial charge in [-0.15, -0.1) is 0 Å². The van der Waals surface area contributed by atoms with Crippen LogP contribution in [0.15, 0.2) is 77.7 Å². The summed E-state index contributed by atoms with van der Waals surface area (Å²) < 4.78 is 41.2. The molecule has 1 aliphatic heterocycles. The van der Waals surface area contributed by atoms with Gasteiger partial charge in [0.1, 0.15) is 10.7 Å². The molecule has 0 aromatic heterocycles. The van der Waals surface area contributed by atoms with Crippen LogP contribution < -0.4 is 5.32 Å². The lowest BCUT2D eigenvalue weighted by Gasteiger charge is -2.17. The number of rotatable bonds is 6. The Kier molecular flexibility index (Phi) is 6.15. The van der Waals surface area contributed by atoms with Crippen LogP contribution in [0.25, 0.3) is 0 Å². The number of anilines is 1. The Morgan fingerprint density at radius 3 is 2.35 bits per heavy atom. The van der Waals surface area contributed by atoms with Crippen molar-refractivity contribution < 1.29 is 17.6 Å². The number of nitrogens with zero attached hydrogens (tertiary/aromatic N) is 1. The number of benzene rings is 3. The molecule has 3 aromatic rings. The molecule has 0 unspecified atom stereocenters. The van der Waals surface area contributed by atoms with Crippen LogP contribution in [0, 0.1) is 5.82 Å². The van der Waals surface area contributed by atoms with Crippen LogP contribution in [0.3, 0.4) is 0 Å². The maximum absolute atomic E-state index is 14.4. The molecule has 0 atom stereocenters. The fourth-order valence-corrected chi connectivity index (χ4v) is 5.32. The number of para-hydroxylation sites is 1. The molecule has 1 saturated heterocycles. The molecule has 0 aliphatic carbocycles. The highest BCUT2D eigenvalue weighted by Crippen LogP contribution is 2.25. The Bertz CT molecular complexity index is 1190. The predicted molar refractivity (Wildman–Crippen MR) is 118 cm³/mol. The van der Waals surface area contributed by atoms with Gasteiger partial charge in [0, 0.05) is 24.3 Å². The molecular weight excluding hydrogens is 415 g/mol. The van der Waals surface area contributed by atoms with Crippen LogP contribution in [0.1, 0.15) is 34.3 Å². The zero-order valence-electron chi connectivity index (χ0n) is 16.9. The van der Waals surface area contributed by atoms with Crippen molar-refractivity contribution in [3.8, 4) is 0 Å². The van der Waals surface area contributed by atoms with Crippen molar-refractivity contribution in [2.75, 3.05) is 18.4 Å². The molecule has 1 heterocycles. The average Bonchev–Trinajstić information content (AvgIpc) is 3.32. The quantitative estimate of drug-likeness (QED) is 0.618. The molecule has 1 amide bonds. The van der Waals surface area contributed by atoms with E-state index in [1.165, 1.54) is 10.4 Å². The first-order valence-corrected chi connectivity index (χ1v) is 11.6. The van der Waals surface area contributed by atoms with Crippen molar-refractivity contribution in [1.82, 2.24) is 4.31 Å². The second-order valence-corrected chi connectivity index (χ2v) is 9.44. The Labute approximate surface area is 181 Å². The third kappa shape index (κ3) is 4.68. The van der Waals surface area contributed by atoms with Crippen LogP contribution >= 0.6 is 0 Å². The summed E-state index contributed by atoms with van der Waals surface area (Å²) in [6.45, 7) is 0.732. The molecular formula is C24H23FN2O3S. The average molecular weight is 439 g/mol. The standard InChI is InChI=1S/C24H23FN2O3S/c25-21-13-12-20(17-23(21)31(29,30)27-14-6-7-15-27)24(28)26-22-11-5-4-10-19(22)16-18-8-2-1-3-9-18/h1-5,8-13,17H,6-7,14-16H2,(H,26,28). The second kappa shape index (κ2) is 8.99. The van der Waals surface area contributed by atoms with Gasteiger partial charge in [0.25, 0.3) is 5.91 Å². The maximum Gasteiger partial charge on any atom is 0.255 e. The fraction of sp³-hybridized carbons (Fsp3) is 0.208. The minimum absolute atomic E-state index is 0.0914. The first-order valence-electron chi connectivity index (χ1n) is 10.2. The van der Waals surface area contributed by atoms with Gasteiger partial charge in [-0.05, 0) is 54.7 Å². The predicted octanol–water partition coefficient (Wildman–Crippen LogP) is 4.45. The van der Waals surface area contributed by atoms with E-state index in [-0.39, 0.29) is 5.56 Å². The van der Waals surface area contributed by atoms with E-state index in [9.17, 15) is 17.6 Å². The van der Waals surface area contributed by atoms with Gasteiger partial charge in [-0.25, -0.2) is 12.8 Å². The lowest BCUT2D eigenvalue weighted by molar-refractivity contribution is 0.102. The molecule has 3 aromatic carbocycles. The van der Waals surface area contributed by atoms with Crippen molar-refractivity contribution >= 4 is 21.6 Å². The summed E-state index contributed by atoms with van der Waals surface area (Å²) >= 11 is 0. The van der Waals surface area contributed by atoms with Crippen molar-refractivity contribution in [3.63, 3.8) is 0 Å². The highest BCUT2D eigenvalue weighted by molar-refractivity contribution is 7.89. The van der Waals surface area contributed by atoms with Crippen molar-refractivity contribution in [2.24, 2.45) is 0 Å². The first-order chi connectivity index (χ1) is 14.9. The zero-order chi connectivity index (χ0) is 21.8. The molecule has 160 valence electrons.